The molecule has 0 atom stereocenters. The van der Waals surface area contributed by atoms with E-state index in [2.05, 4.69) is 29.0 Å². The summed E-state index contributed by atoms with van der Waals surface area (Å²) in [6.45, 7) is 8.03. The van der Waals surface area contributed by atoms with Crippen LogP contribution in [0.1, 0.15) is 30.8 Å². The maximum atomic E-state index is 12.8. The summed E-state index contributed by atoms with van der Waals surface area (Å²) in [6.07, 6.45) is 0.934. The molecule has 3 aromatic rings. The lowest BCUT2D eigenvalue weighted by atomic mass is 10.1. The van der Waals surface area contributed by atoms with Crippen molar-refractivity contribution < 1.29 is 4.79 Å². The van der Waals surface area contributed by atoms with Crippen LogP contribution in [0.25, 0.3) is 22.0 Å². The first kappa shape index (κ1) is 19.5. The number of benzene rings is 2. The SMILES string of the molecule is CCN(CC)CCCNC(=O)c1[nH]c(-c2ccccc2)c2cc(Cl)ccc12. The minimum Gasteiger partial charge on any atom is -0.351 e. The standard InChI is InChI=1S/C22H26ClN3O/c1-3-26(4-2)14-8-13-24-22(27)21-18-12-11-17(23)15-19(18)20(25-21)16-9-6-5-7-10-16/h5-7,9-12,15,25H,3-4,8,13-14H2,1-2H3,(H,24,27). The molecule has 0 radical (unpaired) electrons. The topological polar surface area (TPSA) is 48.1 Å². The molecule has 2 aromatic carbocycles. The van der Waals surface area contributed by atoms with Gasteiger partial charge in [0.2, 0.25) is 0 Å². The fraction of sp³-hybridized carbons (Fsp3) is 0.318. The van der Waals surface area contributed by atoms with Gasteiger partial charge in [0.05, 0.1) is 5.69 Å². The zero-order valence-electron chi connectivity index (χ0n) is 15.9. The molecule has 1 heterocycles. The van der Waals surface area contributed by atoms with Crippen LogP contribution in [0.3, 0.4) is 0 Å². The van der Waals surface area contributed by atoms with E-state index in [4.69, 9.17) is 11.6 Å². The molecule has 0 saturated carbocycles. The quantitative estimate of drug-likeness (QED) is 0.540. The summed E-state index contributed by atoms with van der Waals surface area (Å²) in [6, 6.07) is 15.6. The summed E-state index contributed by atoms with van der Waals surface area (Å²) in [5.74, 6) is -0.0796. The van der Waals surface area contributed by atoms with Crippen molar-refractivity contribution in [2.24, 2.45) is 0 Å². The van der Waals surface area contributed by atoms with E-state index in [-0.39, 0.29) is 5.91 Å². The summed E-state index contributed by atoms with van der Waals surface area (Å²) in [7, 11) is 0. The van der Waals surface area contributed by atoms with Crippen molar-refractivity contribution in [2.75, 3.05) is 26.2 Å². The van der Waals surface area contributed by atoms with E-state index < -0.39 is 0 Å². The Bertz CT molecular complexity index is 901. The second kappa shape index (κ2) is 9.07. The lowest BCUT2D eigenvalue weighted by molar-refractivity contribution is 0.0949. The number of aromatic amines is 1. The van der Waals surface area contributed by atoms with Gasteiger partial charge in [-0.3, -0.25) is 4.79 Å². The Morgan fingerprint density at radius 2 is 1.81 bits per heavy atom. The highest BCUT2D eigenvalue weighted by molar-refractivity contribution is 6.31. The molecular formula is C22H26ClN3O. The summed E-state index contributed by atoms with van der Waals surface area (Å²) in [5, 5.41) is 5.55. The van der Waals surface area contributed by atoms with E-state index >= 15 is 0 Å². The third kappa shape index (κ3) is 4.52. The van der Waals surface area contributed by atoms with Gasteiger partial charge >= 0.3 is 0 Å². The summed E-state index contributed by atoms with van der Waals surface area (Å²) < 4.78 is 0. The van der Waals surface area contributed by atoms with Crippen molar-refractivity contribution in [3.8, 4) is 11.3 Å². The second-order valence-corrected chi connectivity index (χ2v) is 7.00. The van der Waals surface area contributed by atoms with Crippen LogP contribution < -0.4 is 5.32 Å². The predicted molar refractivity (Wildman–Crippen MR) is 113 cm³/mol. The molecule has 0 aliphatic carbocycles. The third-order valence-electron chi connectivity index (χ3n) is 4.89. The third-order valence-corrected chi connectivity index (χ3v) is 5.13. The molecule has 0 spiro atoms. The number of nitrogens with zero attached hydrogens (tertiary/aromatic N) is 1. The van der Waals surface area contributed by atoms with Gasteiger partial charge in [-0.1, -0.05) is 61.8 Å². The first-order valence-corrected chi connectivity index (χ1v) is 9.89. The predicted octanol–water partition coefficient (Wildman–Crippen LogP) is 4.95. The molecule has 1 aromatic heterocycles. The van der Waals surface area contributed by atoms with Gasteiger partial charge in [0, 0.05) is 22.3 Å². The number of rotatable bonds is 8. The molecule has 1 amide bonds. The Morgan fingerprint density at radius 3 is 2.52 bits per heavy atom. The monoisotopic (exact) mass is 383 g/mol. The van der Waals surface area contributed by atoms with Crippen LogP contribution in [-0.2, 0) is 0 Å². The molecule has 0 unspecified atom stereocenters. The number of hydrogen-bond acceptors (Lipinski definition) is 2. The van der Waals surface area contributed by atoms with E-state index in [9.17, 15) is 4.79 Å². The lowest BCUT2D eigenvalue weighted by Crippen LogP contribution is -2.30. The summed E-state index contributed by atoms with van der Waals surface area (Å²) >= 11 is 6.21. The van der Waals surface area contributed by atoms with Gasteiger partial charge in [0.25, 0.3) is 5.91 Å². The fourth-order valence-corrected chi connectivity index (χ4v) is 3.52. The van der Waals surface area contributed by atoms with E-state index in [1.807, 2.05) is 48.5 Å². The van der Waals surface area contributed by atoms with Gasteiger partial charge < -0.3 is 15.2 Å². The van der Waals surface area contributed by atoms with Gasteiger partial charge in [-0.2, -0.15) is 0 Å². The first-order chi connectivity index (χ1) is 13.1. The van der Waals surface area contributed by atoms with Crippen molar-refractivity contribution in [3.05, 3.63) is 59.2 Å². The zero-order chi connectivity index (χ0) is 19.2. The van der Waals surface area contributed by atoms with Crippen molar-refractivity contribution in [3.63, 3.8) is 0 Å². The molecule has 142 valence electrons. The number of hydrogen-bond donors (Lipinski definition) is 2. The normalized spacial score (nSPS) is 11.3. The van der Waals surface area contributed by atoms with E-state index in [1.54, 1.807) is 0 Å². The maximum absolute atomic E-state index is 12.8. The van der Waals surface area contributed by atoms with Crippen LogP contribution in [-0.4, -0.2) is 42.0 Å². The van der Waals surface area contributed by atoms with Crippen molar-refractivity contribution in [1.82, 2.24) is 15.2 Å². The highest BCUT2D eigenvalue weighted by Gasteiger charge is 2.17. The Morgan fingerprint density at radius 1 is 1.07 bits per heavy atom. The van der Waals surface area contributed by atoms with Gasteiger partial charge in [-0.15, -0.1) is 0 Å². The Hall–Kier alpha value is -2.30. The summed E-state index contributed by atoms with van der Waals surface area (Å²) in [5.41, 5.74) is 2.54. The maximum Gasteiger partial charge on any atom is 0.268 e. The molecule has 3 rings (SSSR count). The molecular weight excluding hydrogens is 358 g/mol. The largest absolute Gasteiger partial charge is 0.351 e. The number of halogens is 1. The molecule has 0 saturated heterocycles. The van der Waals surface area contributed by atoms with Crippen LogP contribution in [0.5, 0.6) is 0 Å². The average molecular weight is 384 g/mol. The number of H-pyrrole nitrogens is 1. The van der Waals surface area contributed by atoms with Crippen LogP contribution >= 0.6 is 11.6 Å². The second-order valence-electron chi connectivity index (χ2n) is 6.57. The molecule has 2 N–H and O–H groups in total. The molecule has 0 aliphatic heterocycles. The van der Waals surface area contributed by atoms with Crippen LogP contribution in [0, 0.1) is 0 Å². The molecule has 4 nitrogen and oxygen atoms in total. The number of carbonyl (C=O) groups is 1. The van der Waals surface area contributed by atoms with Gasteiger partial charge in [-0.25, -0.2) is 0 Å². The molecule has 5 heteroatoms. The van der Waals surface area contributed by atoms with Crippen LogP contribution in [0.15, 0.2) is 48.5 Å². The van der Waals surface area contributed by atoms with Crippen LogP contribution in [0.4, 0.5) is 0 Å². The van der Waals surface area contributed by atoms with E-state index in [0.717, 1.165) is 48.1 Å². The van der Waals surface area contributed by atoms with E-state index in [1.165, 1.54) is 0 Å². The number of aromatic nitrogens is 1. The van der Waals surface area contributed by atoms with Gasteiger partial charge in [-0.05, 0) is 43.8 Å². The first-order valence-electron chi connectivity index (χ1n) is 9.51. The number of fused-ring (bicyclic) bond motifs is 1. The van der Waals surface area contributed by atoms with Crippen LogP contribution in [0.2, 0.25) is 5.02 Å². The van der Waals surface area contributed by atoms with Gasteiger partial charge in [0.15, 0.2) is 0 Å². The Kier molecular flexibility index (Phi) is 6.54. The Labute approximate surface area is 165 Å². The van der Waals surface area contributed by atoms with Gasteiger partial charge in [0.1, 0.15) is 5.69 Å². The van der Waals surface area contributed by atoms with E-state index in [0.29, 0.717) is 17.3 Å². The molecule has 0 aliphatic rings. The minimum absolute atomic E-state index is 0.0796. The lowest BCUT2D eigenvalue weighted by Gasteiger charge is -2.17. The smallest absolute Gasteiger partial charge is 0.268 e. The highest BCUT2D eigenvalue weighted by atomic mass is 35.5. The average Bonchev–Trinajstić information content (AvgIpc) is 3.07. The van der Waals surface area contributed by atoms with Crippen molar-refractivity contribution in [1.29, 1.82) is 0 Å². The Balaban J connectivity index is 1.81. The zero-order valence-corrected chi connectivity index (χ0v) is 16.6. The summed E-state index contributed by atoms with van der Waals surface area (Å²) in [4.78, 5) is 18.5. The molecule has 27 heavy (non-hydrogen) atoms. The molecule has 0 fully saturated rings. The fourth-order valence-electron chi connectivity index (χ4n) is 3.35. The highest BCUT2D eigenvalue weighted by Crippen LogP contribution is 2.32. The number of nitrogens with one attached hydrogen (secondary N) is 2. The van der Waals surface area contributed by atoms with Crippen molar-refractivity contribution in [2.45, 2.75) is 20.3 Å². The number of carbonyl (C=O) groups excluding carboxylic acids is 1. The van der Waals surface area contributed by atoms with Crippen molar-refractivity contribution >= 4 is 28.3 Å². The minimum atomic E-state index is -0.0796. The number of amides is 1. The molecule has 0 bridgehead atoms.